The fourth-order valence-electron chi connectivity index (χ4n) is 1.44. The van der Waals surface area contributed by atoms with Crippen LogP contribution in [0.15, 0.2) is 35.4 Å². The molecule has 1 atom stereocenters. The number of hydrogen-bond acceptors (Lipinski definition) is 4. The monoisotopic (exact) mass is 278 g/mol. The standard InChI is InChI=1S/C12H14N4O4/c13-16-14-7-10(6-11(17)18)15-12(19)20-8-9-4-2-1-3-5-9/h1-5,10H,6-8H2,(H,15,19)(H,17,18)/t10-/m1/s1. The van der Waals surface area contributed by atoms with Gasteiger partial charge in [0.15, 0.2) is 0 Å². The molecular weight excluding hydrogens is 264 g/mol. The van der Waals surface area contributed by atoms with Crippen molar-refractivity contribution in [1.29, 1.82) is 0 Å². The van der Waals surface area contributed by atoms with Crippen molar-refractivity contribution in [3.63, 3.8) is 0 Å². The maximum absolute atomic E-state index is 11.5. The van der Waals surface area contributed by atoms with Crippen LogP contribution in [0, 0.1) is 0 Å². The lowest BCUT2D eigenvalue weighted by Crippen LogP contribution is -2.38. The summed E-state index contributed by atoms with van der Waals surface area (Å²) in [7, 11) is 0. The lowest BCUT2D eigenvalue weighted by molar-refractivity contribution is -0.137. The Kier molecular flexibility index (Phi) is 6.43. The van der Waals surface area contributed by atoms with Crippen molar-refractivity contribution < 1.29 is 19.4 Å². The zero-order chi connectivity index (χ0) is 14.8. The molecule has 2 N–H and O–H groups in total. The van der Waals surface area contributed by atoms with Gasteiger partial charge in [-0.25, -0.2) is 4.79 Å². The summed E-state index contributed by atoms with van der Waals surface area (Å²) in [5.41, 5.74) is 9.01. The third kappa shape index (κ3) is 6.27. The van der Waals surface area contributed by atoms with E-state index in [4.69, 9.17) is 15.4 Å². The van der Waals surface area contributed by atoms with Crippen LogP contribution in [0.2, 0.25) is 0 Å². The molecule has 0 aliphatic rings. The molecule has 1 aromatic carbocycles. The second-order valence-electron chi connectivity index (χ2n) is 3.91. The number of azide groups is 1. The maximum atomic E-state index is 11.5. The van der Waals surface area contributed by atoms with E-state index in [0.29, 0.717) is 0 Å². The highest BCUT2D eigenvalue weighted by Crippen LogP contribution is 2.01. The zero-order valence-corrected chi connectivity index (χ0v) is 10.6. The van der Waals surface area contributed by atoms with Gasteiger partial charge < -0.3 is 15.2 Å². The molecule has 0 aliphatic heterocycles. The number of rotatable bonds is 7. The van der Waals surface area contributed by atoms with Gasteiger partial charge in [-0.05, 0) is 11.1 Å². The second kappa shape index (κ2) is 8.39. The Balaban J connectivity index is 2.44. The van der Waals surface area contributed by atoms with E-state index in [1.54, 1.807) is 12.1 Å². The summed E-state index contributed by atoms with van der Waals surface area (Å²) in [6.45, 7) is -0.0722. The Hall–Kier alpha value is -2.73. The van der Waals surface area contributed by atoms with Crippen LogP contribution in [-0.2, 0) is 16.1 Å². The highest BCUT2D eigenvalue weighted by atomic mass is 16.5. The van der Waals surface area contributed by atoms with Crippen LogP contribution >= 0.6 is 0 Å². The summed E-state index contributed by atoms with van der Waals surface area (Å²) in [6.07, 6.45) is -1.10. The number of hydrogen-bond donors (Lipinski definition) is 2. The molecule has 20 heavy (non-hydrogen) atoms. The van der Waals surface area contributed by atoms with Crippen LogP contribution in [-0.4, -0.2) is 29.8 Å². The minimum atomic E-state index is -1.11. The molecule has 0 heterocycles. The van der Waals surface area contributed by atoms with Gasteiger partial charge in [0.05, 0.1) is 6.42 Å². The van der Waals surface area contributed by atoms with E-state index < -0.39 is 18.1 Å². The predicted octanol–water partition coefficient (Wildman–Crippen LogP) is 2.07. The number of nitrogens with zero attached hydrogens (tertiary/aromatic N) is 3. The number of benzene rings is 1. The molecule has 0 aliphatic carbocycles. The number of carboxylic acid groups (broad SMARTS) is 1. The van der Waals surface area contributed by atoms with E-state index in [-0.39, 0.29) is 19.6 Å². The number of alkyl carbamates (subject to hydrolysis) is 1. The number of ether oxygens (including phenoxy) is 1. The topological polar surface area (TPSA) is 124 Å². The van der Waals surface area contributed by atoms with Gasteiger partial charge in [-0.15, -0.1) is 0 Å². The quantitative estimate of drug-likeness (QED) is 0.450. The number of aliphatic carboxylic acids is 1. The molecule has 0 fully saturated rings. The largest absolute Gasteiger partial charge is 0.481 e. The summed E-state index contributed by atoms with van der Waals surface area (Å²) in [5.74, 6) is -1.11. The molecule has 0 spiro atoms. The molecular formula is C12H14N4O4. The van der Waals surface area contributed by atoms with Gasteiger partial charge in [0.1, 0.15) is 6.61 Å². The van der Waals surface area contributed by atoms with E-state index in [9.17, 15) is 9.59 Å². The van der Waals surface area contributed by atoms with Crippen molar-refractivity contribution in [2.45, 2.75) is 19.1 Å². The molecule has 1 aromatic rings. The average Bonchev–Trinajstić information content (AvgIpc) is 2.43. The predicted molar refractivity (Wildman–Crippen MR) is 69.8 cm³/mol. The first-order valence-corrected chi connectivity index (χ1v) is 5.81. The van der Waals surface area contributed by atoms with Crippen LogP contribution in [0.4, 0.5) is 4.79 Å². The first-order chi connectivity index (χ1) is 9.61. The minimum Gasteiger partial charge on any atom is -0.481 e. The Labute approximate surface area is 115 Å². The average molecular weight is 278 g/mol. The van der Waals surface area contributed by atoms with E-state index in [2.05, 4.69) is 15.3 Å². The SMILES string of the molecule is [N-]=[N+]=NC[C@@H](CC(=O)O)NC(=O)OCc1ccccc1. The van der Waals surface area contributed by atoms with Crippen LogP contribution in [0.5, 0.6) is 0 Å². The van der Waals surface area contributed by atoms with Gasteiger partial charge in [-0.1, -0.05) is 35.4 Å². The fraction of sp³-hybridized carbons (Fsp3) is 0.333. The molecule has 1 amide bonds. The number of carbonyl (C=O) groups is 2. The summed E-state index contributed by atoms with van der Waals surface area (Å²) in [4.78, 5) is 24.6. The van der Waals surface area contributed by atoms with Gasteiger partial charge in [0, 0.05) is 17.5 Å². The van der Waals surface area contributed by atoms with Crippen LogP contribution in [0.3, 0.4) is 0 Å². The lowest BCUT2D eigenvalue weighted by atomic mass is 10.2. The molecule has 0 unspecified atom stereocenters. The van der Waals surface area contributed by atoms with Crippen molar-refractivity contribution >= 4 is 12.1 Å². The van der Waals surface area contributed by atoms with Gasteiger partial charge in [0.25, 0.3) is 0 Å². The highest BCUT2D eigenvalue weighted by Gasteiger charge is 2.16. The van der Waals surface area contributed by atoms with Gasteiger partial charge >= 0.3 is 12.1 Å². The molecule has 0 bridgehead atoms. The van der Waals surface area contributed by atoms with Gasteiger partial charge in [0.2, 0.25) is 0 Å². The minimum absolute atomic E-state index is 0.0774. The first-order valence-electron chi connectivity index (χ1n) is 5.81. The molecule has 0 saturated carbocycles. The summed E-state index contributed by atoms with van der Waals surface area (Å²) in [6, 6.07) is 8.25. The third-order valence-electron chi connectivity index (χ3n) is 2.32. The molecule has 8 heteroatoms. The summed E-state index contributed by atoms with van der Waals surface area (Å²) < 4.78 is 4.94. The van der Waals surface area contributed by atoms with Crippen molar-refractivity contribution in [2.75, 3.05) is 6.54 Å². The highest BCUT2D eigenvalue weighted by molar-refractivity contribution is 5.71. The number of amides is 1. The van der Waals surface area contributed by atoms with Gasteiger partial charge in [-0.3, -0.25) is 4.79 Å². The van der Waals surface area contributed by atoms with Crippen molar-refractivity contribution in [3.05, 3.63) is 46.3 Å². The smallest absolute Gasteiger partial charge is 0.407 e. The maximum Gasteiger partial charge on any atom is 0.407 e. The van der Waals surface area contributed by atoms with Crippen LogP contribution < -0.4 is 5.32 Å². The van der Waals surface area contributed by atoms with Crippen LogP contribution in [0.1, 0.15) is 12.0 Å². The lowest BCUT2D eigenvalue weighted by Gasteiger charge is -2.14. The zero-order valence-electron chi connectivity index (χ0n) is 10.6. The normalized spacial score (nSPS) is 11.0. The number of carboxylic acids is 1. The molecule has 1 rings (SSSR count). The molecule has 0 aromatic heterocycles. The van der Waals surface area contributed by atoms with Crippen molar-refractivity contribution in [2.24, 2.45) is 5.11 Å². The Morgan fingerprint density at radius 2 is 2.10 bits per heavy atom. The van der Waals surface area contributed by atoms with Crippen molar-refractivity contribution in [1.82, 2.24) is 5.32 Å². The number of nitrogens with one attached hydrogen (secondary N) is 1. The van der Waals surface area contributed by atoms with Crippen LogP contribution in [0.25, 0.3) is 10.4 Å². The molecule has 8 nitrogen and oxygen atoms in total. The molecule has 106 valence electrons. The van der Waals surface area contributed by atoms with E-state index in [1.165, 1.54) is 0 Å². The molecule has 0 saturated heterocycles. The second-order valence-corrected chi connectivity index (χ2v) is 3.91. The Bertz CT molecular complexity index is 495. The summed E-state index contributed by atoms with van der Waals surface area (Å²) >= 11 is 0. The fourth-order valence-corrected chi connectivity index (χ4v) is 1.44. The first kappa shape index (κ1) is 15.3. The Morgan fingerprint density at radius 1 is 1.40 bits per heavy atom. The summed E-state index contributed by atoms with van der Waals surface area (Å²) in [5, 5.41) is 14.3. The Morgan fingerprint density at radius 3 is 2.70 bits per heavy atom. The van der Waals surface area contributed by atoms with Crippen molar-refractivity contribution in [3.8, 4) is 0 Å². The van der Waals surface area contributed by atoms with E-state index in [0.717, 1.165) is 5.56 Å². The van der Waals surface area contributed by atoms with E-state index >= 15 is 0 Å². The molecule has 0 radical (unpaired) electrons. The third-order valence-corrected chi connectivity index (χ3v) is 2.32. The van der Waals surface area contributed by atoms with E-state index in [1.807, 2.05) is 18.2 Å². The van der Waals surface area contributed by atoms with Gasteiger partial charge in [-0.2, -0.15) is 0 Å². The number of carbonyl (C=O) groups excluding carboxylic acids is 1.